The van der Waals surface area contributed by atoms with E-state index in [1.165, 1.54) is 11.0 Å². The van der Waals surface area contributed by atoms with Crippen LogP contribution in [0.2, 0.25) is 5.02 Å². The van der Waals surface area contributed by atoms with Gasteiger partial charge in [-0.2, -0.15) is 13.2 Å². The van der Waals surface area contributed by atoms with Gasteiger partial charge in [-0.25, -0.2) is 9.97 Å². The minimum absolute atomic E-state index is 0.0226. The van der Waals surface area contributed by atoms with Crippen molar-refractivity contribution in [2.75, 3.05) is 11.5 Å². The molecule has 2 N–H and O–H groups in total. The Morgan fingerprint density at radius 2 is 2.03 bits per heavy atom. The van der Waals surface area contributed by atoms with Crippen LogP contribution in [0.25, 0.3) is 23.3 Å². The molecule has 0 saturated heterocycles. The minimum atomic E-state index is -4.54. The van der Waals surface area contributed by atoms with Crippen molar-refractivity contribution in [1.82, 2.24) is 19.4 Å². The number of nitrogens with two attached hydrogens (primary N) is 1. The maximum Gasteiger partial charge on any atom is 0.431 e. The molecule has 4 rings (SSSR count). The predicted octanol–water partition coefficient (Wildman–Crippen LogP) is 4.20. The summed E-state index contributed by atoms with van der Waals surface area (Å²) < 4.78 is 55.3. The van der Waals surface area contributed by atoms with Gasteiger partial charge in [-0.05, 0) is 37.0 Å². The summed E-state index contributed by atoms with van der Waals surface area (Å²) in [6.07, 6.45) is -2.18. The standard InChI is InChI=1S/C19H19ClF3N5OS/c1-4-30(29)13-7-11(20)17(24)26-15(13)18-25-12-8-14(19(21,22)23)28(10-5-6-10)9(2)16(12)27(18)3/h7-8,10H,2,4-6H2,1,3H3,(H2,24,26). The highest BCUT2D eigenvalue weighted by molar-refractivity contribution is 7.91. The van der Waals surface area contributed by atoms with E-state index in [9.17, 15) is 17.7 Å². The molecule has 160 valence electrons. The number of nitrogens with zero attached hydrogens (tertiary/aromatic N) is 4. The molecule has 3 heterocycles. The van der Waals surface area contributed by atoms with Crippen LogP contribution in [0.4, 0.5) is 19.0 Å². The molecule has 6 nitrogen and oxygen atoms in total. The number of hydrogen-bond acceptors (Lipinski definition) is 5. The van der Waals surface area contributed by atoms with Gasteiger partial charge >= 0.3 is 6.18 Å². The van der Waals surface area contributed by atoms with Crippen LogP contribution < -0.4 is 5.73 Å². The number of hydrogen-bond donors (Lipinski definition) is 1. The highest BCUT2D eigenvalue weighted by Crippen LogP contribution is 2.47. The van der Waals surface area contributed by atoms with Gasteiger partial charge in [-0.15, -0.1) is 0 Å². The number of allylic oxidation sites excluding steroid dienone is 1. The molecule has 0 radical (unpaired) electrons. The van der Waals surface area contributed by atoms with Crippen molar-refractivity contribution in [2.45, 2.75) is 36.9 Å². The molecule has 0 bridgehead atoms. The van der Waals surface area contributed by atoms with Crippen LogP contribution in [0.15, 0.2) is 23.2 Å². The lowest BCUT2D eigenvalue weighted by Crippen LogP contribution is -2.34. The van der Waals surface area contributed by atoms with E-state index in [4.69, 9.17) is 17.3 Å². The van der Waals surface area contributed by atoms with Crippen LogP contribution in [0.1, 0.15) is 31.2 Å². The van der Waals surface area contributed by atoms with Gasteiger partial charge in [0.15, 0.2) is 16.4 Å². The zero-order chi connectivity index (χ0) is 22.0. The van der Waals surface area contributed by atoms with Crippen molar-refractivity contribution in [3.63, 3.8) is 0 Å². The zero-order valence-corrected chi connectivity index (χ0v) is 17.8. The van der Waals surface area contributed by atoms with Crippen molar-refractivity contribution in [3.8, 4) is 11.5 Å². The second-order valence-corrected chi connectivity index (χ2v) is 9.26. The van der Waals surface area contributed by atoms with E-state index in [0.717, 1.165) is 6.08 Å². The van der Waals surface area contributed by atoms with Crippen LogP contribution in [0.3, 0.4) is 0 Å². The van der Waals surface area contributed by atoms with Gasteiger partial charge < -0.3 is 19.8 Å². The van der Waals surface area contributed by atoms with E-state index in [0.29, 0.717) is 29.2 Å². The molecule has 11 heteroatoms. The van der Waals surface area contributed by atoms with Gasteiger partial charge in [0.25, 0.3) is 0 Å². The van der Waals surface area contributed by atoms with Crippen molar-refractivity contribution in [3.05, 3.63) is 34.8 Å². The molecule has 2 aromatic heterocycles. The fourth-order valence-corrected chi connectivity index (χ4v) is 4.70. The second-order valence-electron chi connectivity index (χ2n) is 7.14. The number of alkyl halides is 3. The summed E-state index contributed by atoms with van der Waals surface area (Å²) in [7, 11) is 1.66. The van der Waals surface area contributed by atoms with E-state index < -0.39 is 23.0 Å². The Bertz CT molecular complexity index is 1080. The Labute approximate surface area is 179 Å². The van der Waals surface area contributed by atoms with Crippen molar-refractivity contribution < 1.29 is 17.7 Å². The van der Waals surface area contributed by atoms with E-state index >= 15 is 0 Å². The van der Waals surface area contributed by atoms with Crippen molar-refractivity contribution >= 4 is 40.4 Å². The van der Waals surface area contributed by atoms with Gasteiger partial charge in [0, 0.05) is 19.2 Å². The summed E-state index contributed by atoms with van der Waals surface area (Å²) in [5.74, 6) is 0.575. The summed E-state index contributed by atoms with van der Waals surface area (Å²) in [4.78, 5) is 10.2. The first-order chi connectivity index (χ1) is 14.0. The number of imidazole rings is 1. The summed E-state index contributed by atoms with van der Waals surface area (Å²) in [5, 5.41) is 0.151. The fourth-order valence-electron chi connectivity index (χ4n) is 3.58. The molecule has 1 saturated carbocycles. The summed E-state index contributed by atoms with van der Waals surface area (Å²) in [6.45, 7) is 5.67. The van der Waals surface area contributed by atoms with Crippen LogP contribution >= 0.6 is 11.6 Å². The number of rotatable bonds is 4. The van der Waals surface area contributed by atoms with Gasteiger partial charge in [0.2, 0.25) is 0 Å². The molecular formula is C19H19ClF3N5OS. The molecule has 0 aromatic carbocycles. The smallest absolute Gasteiger partial charge is 0.431 e. The first kappa shape index (κ1) is 21.1. The van der Waals surface area contributed by atoms with E-state index in [1.807, 2.05) is 0 Å². The molecule has 2 aliphatic rings. The SMILES string of the molecule is C=C1c2c(nc(-c3nc(N)c(Cl)cc3[S+]([O-])CC)n2C)C=C(C(F)(F)F)N1C1CC1. The molecule has 1 unspecified atom stereocenters. The lowest BCUT2D eigenvalue weighted by atomic mass is 10.1. The highest BCUT2D eigenvalue weighted by Gasteiger charge is 2.47. The molecule has 2 aromatic rings. The number of pyridine rings is 1. The summed E-state index contributed by atoms with van der Waals surface area (Å²) in [6, 6.07) is 1.23. The number of aromatic nitrogens is 3. The Morgan fingerprint density at radius 3 is 2.60 bits per heavy atom. The van der Waals surface area contributed by atoms with Crippen molar-refractivity contribution in [1.29, 1.82) is 0 Å². The average molecular weight is 458 g/mol. The van der Waals surface area contributed by atoms with Gasteiger partial charge in [0.05, 0.1) is 22.1 Å². The quantitative estimate of drug-likeness (QED) is 0.696. The number of halogens is 4. The third kappa shape index (κ3) is 3.36. The molecule has 1 atom stereocenters. The molecule has 1 aliphatic heterocycles. The zero-order valence-electron chi connectivity index (χ0n) is 16.3. The molecule has 0 spiro atoms. The van der Waals surface area contributed by atoms with E-state index in [1.54, 1.807) is 18.5 Å². The Kier molecular flexibility index (Phi) is 5.06. The van der Waals surface area contributed by atoms with Gasteiger partial charge in [-0.1, -0.05) is 18.2 Å². The minimum Gasteiger partial charge on any atom is -0.611 e. The van der Waals surface area contributed by atoms with E-state index in [-0.39, 0.29) is 39.8 Å². The van der Waals surface area contributed by atoms with E-state index in [2.05, 4.69) is 16.5 Å². The van der Waals surface area contributed by atoms with Crippen LogP contribution in [-0.4, -0.2) is 42.0 Å². The Balaban J connectivity index is 1.93. The van der Waals surface area contributed by atoms with Gasteiger partial charge in [0.1, 0.15) is 17.3 Å². The maximum absolute atomic E-state index is 13.7. The largest absolute Gasteiger partial charge is 0.611 e. The molecule has 0 amide bonds. The fraction of sp³-hybridized carbons (Fsp3) is 0.368. The maximum atomic E-state index is 13.7. The van der Waals surface area contributed by atoms with Crippen molar-refractivity contribution in [2.24, 2.45) is 7.05 Å². The normalized spacial score (nSPS) is 17.8. The first-order valence-electron chi connectivity index (χ1n) is 9.23. The lowest BCUT2D eigenvalue weighted by Gasteiger charge is -2.33. The Hall–Kier alpha value is -2.17. The van der Waals surface area contributed by atoms with Crippen LogP contribution in [-0.2, 0) is 18.2 Å². The highest BCUT2D eigenvalue weighted by atomic mass is 35.5. The molecule has 1 aliphatic carbocycles. The topological polar surface area (TPSA) is 83.0 Å². The predicted molar refractivity (Wildman–Crippen MR) is 111 cm³/mol. The van der Waals surface area contributed by atoms with Crippen LogP contribution in [0, 0.1) is 0 Å². The summed E-state index contributed by atoms with van der Waals surface area (Å²) in [5.41, 5.74) is 6.10. The van der Waals surface area contributed by atoms with Crippen LogP contribution in [0.5, 0.6) is 0 Å². The molecule has 30 heavy (non-hydrogen) atoms. The number of fused-ring (bicyclic) bond motifs is 1. The monoisotopic (exact) mass is 457 g/mol. The number of nitrogen functional groups attached to an aromatic ring is 1. The first-order valence-corrected chi connectivity index (χ1v) is 10.9. The summed E-state index contributed by atoms with van der Waals surface area (Å²) >= 11 is 4.63. The lowest BCUT2D eigenvalue weighted by molar-refractivity contribution is -0.106. The third-order valence-corrected chi connectivity index (χ3v) is 6.74. The number of anilines is 1. The molecular weight excluding hydrogens is 439 g/mol. The second kappa shape index (κ2) is 7.21. The Morgan fingerprint density at radius 1 is 1.37 bits per heavy atom. The average Bonchev–Trinajstić information content (AvgIpc) is 3.45. The molecule has 1 fully saturated rings. The van der Waals surface area contributed by atoms with Gasteiger partial charge in [-0.3, -0.25) is 0 Å². The third-order valence-electron chi connectivity index (χ3n) is 5.11.